The summed E-state index contributed by atoms with van der Waals surface area (Å²) in [6, 6.07) is 2.73. The maximum absolute atomic E-state index is 12.7. The highest BCUT2D eigenvalue weighted by atomic mass is 16.5. The molecule has 0 aromatic heterocycles. The largest absolute Gasteiger partial charge is 0.507 e. The molecule has 0 saturated heterocycles. The molecule has 2 aliphatic carbocycles. The maximum atomic E-state index is 12.7. The summed E-state index contributed by atoms with van der Waals surface area (Å²) in [5.41, 5.74) is -1.30. The van der Waals surface area contributed by atoms with Gasteiger partial charge in [-0.3, -0.25) is 9.59 Å². The van der Waals surface area contributed by atoms with E-state index >= 15 is 0 Å². The maximum Gasteiger partial charge on any atom is 0.171 e. The number of rotatable bonds is 1. The van der Waals surface area contributed by atoms with Crippen molar-refractivity contribution >= 4 is 11.6 Å². The van der Waals surface area contributed by atoms with E-state index in [1.807, 2.05) is 0 Å². The van der Waals surface area contributed by atoms with Gasteiger partial charge in [-0.2, -0.15) is 0 Å². The fourth-order valence-corrected chi connectivity index (χ4v) is 3.50. The van der Waals surface area contributed by atoms with Crippen molar-refractivity contribution in [2.75, 3.05) is 7.11 Å². The van der Waals surface area contributed by atoms with E-state index in [-0.39, 0.29) is 41.3 Å². The number of aliphatic hydroxyl groups excluding tert-OH is 1. The molecule has 1 saturated carbocycles. The van der Waals surface area contributed by atoms with Gasteiger partial charge in [0.1, 0.15) is 11.5 Å². The summed E-state index contributed by atoms with van der Waals surface area (Å²) in [7, 11) is 1.40. The van der Waals surface area contributed by atoms with E-state index in [1.54, 1.807) is 0 Å². The molecule has 0 aliphatic heterocycles. The summed E-state index contributed by atoms with van der Waals surface area (Å²) in [5.74, 6) is -2.08. The fraction of sp³-hybridized carbons (Fsp3) is 0.500. The van der Waals surface area contributed by atoms with Gasteiger partial charge in [-0.05, 0) is 25.8 Å². The number of ether oxygens (including phenoxy) is 1. The van der Waals surface area contributed by atoms with Crippen molar-refractivity contribution in [3.8, 4) is 11.5 Å². The molecule has 0 spiro atoms. The predicted molar refractivity (Wildman–Crippen MR) is 76.2 cm³/mol. The van der Waals surface area contributed by atoms with Crippen LogP contribution in [0.4, 0.5) is 0 Å². The average Bonchev–Trinajstić information content (AvgIpc) is 2.46. The highest BCUT2D eigenvalue weighted by Crippen LogP contribution is 2.46. The van der Waals surface area contributed by atoms with Crippen LogP contribution in [-0.4, -0.2) is 45.7 Å². The van der Waals surface area contributed by atoms with Crippen molar-refractivity contribution < 1.29 is 29.6 Å². The minimum absolute atomic E-state index is 0.00709. The van der Waals surface area contributed by atoms with E-state index in [0.717, 1.165) is 0 Å². The number of methoxy groups -OCH3 is 1. The Bertz CT molecular complexity index is 663. The van der Waals surface area contributed by atoms with Crippen LogP contribution in [0.3, 0.4) is 0 Å². The summed E-state index contributed by atoms with van der Waals surface area (Å²) in [4.78, 5) is 25.3. The Balaban J connectivity index is 2.12. The number of fused-ring (bicyclic) bond motifs is 2. The van der Waals surface area contributed by atoms with Gasteiger partial charge in [-0.25, -0.2) is 0 Å². The normalized spacial score (nSPS) is 34.1. The van der Waals surface area contributed by atoms with Crippen LogP contribution in [-0.2, 0) is 0 Å². The zero-order chi connectivity index (χ0) is 16.2. The number of Topliss-reactive ketones (excluding diaryl/α,β-unsaturated/α-hetero) is 2. The lowest BCUT2D eigenvalue weighted by Crippen LogP contribution is -2.53. The lowest BCUT2D eigenvalue weighted by Gasteiger charge is -2.43. The second-order valence-electron chi connectivity index (χ2n) is 6.32. The molecule has 4 atom stereocenters. The molecule has 6 nitrogen and oxygen atoms in total. The van der Waals surface area contributed by atoms with Gasteiger partial charge in [-0.15, -0.1) is 0 Å². The molecule has 3 N–H and O–H groups in total. The molecule has 3 rings (SSSR count). The fourth-order valence-electron chi connectivity index (χ4n) is 3.50. The van der Waals surface area contributed by atoms with Crippen LogP contribution in [0.2, 0.25) is 0 Å². The molecular formula is C16H18O6. The van der Waals surface area contributed by atoms with Crippen molar-refractivity contribution in [2.24, 2.45) is 11.8 Å². The van der Waals surface area contributed by atoms with Crippen molar-refractivity contribution in [1.29, 1.82) is 0 Å². The molecule has 1 aromatic rings. The van der Waals surface area contributed by atoms with Crippen LogP contribution in [0.25, 0.3) is 0 Å². The molecule has 1 aromatic carbocycles. The molecule has 2 aliphatic rings. The molecule has 0 heterocycles. The first kappa shape index (κ1) is 15.0. The van der Waals surface area contributed by atoms with Gasteiger partial charge in [0.2, 0.25) is 0 Å². The first-order valence-electron chi connectivity index (χ1n) is 7.16. The average molecular weight is 306 g/mol. The second kappa shape index (κ2) is 4.79. The Kier molecular flexibility index (Phi) is 3.27. The Labute approximate surface area is 127 Å². The van der Waals surface area contributed by atoms with Crippen molar-refractivity contribution in [1.82, 2.24) is 0 Å². The van der Waals surface area contributed by atoms with Gasteiger partial charge in [0.05, 0.1) is 24.4 Å². The zero-order valence-corrected chi connectivity index (χ0v) is 12.4. The highest BCUT2D eigenvalue weighted by molar-refractivity contribution is 6.17. The lowest BCUT2D eigenvalue weighted by molar-refractivity contribution is -0.107. The minimum atomic E-state index is -1.41. The van der Waals surface area contributed by atoms with E-state index in [0.29, 0.717) is 5.75 Å². The Morgan fingerprint density at radius 2 is 1.91 bits per heavy atom. The molecule has 6 heteroatoms. The van der Waals surface area contributed by atoms with Gasteiger partial charge in [0.15, 0.2) is 11.6 Å². The van der Waals surface area contributed by atoms with E-state index in [2.05, 4.69) is 0 Å². The summed E-state index contributed by atoms with van der Waals surface area (Å²) in [5, 5.41) is 30.2. The molecule has 0 amide bonds. The first-order chi connectivity index (χ1) is 10.3. The number of benzene rings is 1. The summed E-state index contributed by atoms with van der Waals surface area (Å²) in [6.07, 6.45) is -1.05. The number of phenolic OH excluding ortho intramolecular Hbond substituents is 1. The molecule has 0 radical (unpaired) electrons. The van der Waals surface area contributed by atoms with Gasteiger partial charge >= 0.3 is 0 Å². The number of aliphatic hydroxyl groups is 2. The standard InChI is InChI=1S/C16H18O6/c1-16(21)6-10-8(5-12(16)18)15(20)13-9(14(10)19)3-7(22-2)4-11(13)17/h3-4,8,10,12,17-18,21H,5-6H2,1-2H3/t8?,10?,12-,16+/m1/s1. The molecule has 1 fully saturated rings. The predicted octanol–water partition coefficient (Wildman–Crippen LogP) is 0.918. The molecule has 22 heavy (non-hydrogen) atoms. The van der Waals surface area contributed by atoms with Crippen LogP contribution in [0, 0.1) is 11.8 Å². The van der Waals surface area contributed by atoms with Gasteiger partial charge in [-0.1, -0.05) is 0 Å². The van der Waals surface area contributed by atoms with Crippen LogP contribution in [0.5, 0.6) is 11.5 Å². The van der Waals surface area contributed by atoms with Crippen LogP contribution in [0.15, 0.2) is 12.1 Å². The first-order valence-corrected chi connectivity index (χ1v) is 7.16. The summed E-state index contributed by atoms with van der Waals surface area (Å²) < 4.78 is 5.03. The Morgan fingerprint density at radius 3 is 2.55 bits per heavy atom. The number of ketones is 2. The number of carbonyl (C=O) groups excluding carboxylic acids is 2. The van der Waals surface area contributed by atoms with E-state index in [9.17, 15) is 24.9 Å². The Morgan fingerprint density at radius 1 is 1.23 bits per heavy atom. The molecule has 118 valence electrons. The second-order valence-corrected chi connectivity index (χ2v) is 6.32. The number of hydrogen-bond acceptors (Lipinski definition) is 6. The van der Waals surface area contributed by atoms with Gasteiger partial charge in [0, 0.05) is 23.5 Å². The van der Waals surface area contributed by atoms with E-state index in [1.165, 1.54) is 26.2 Å². The topological polar surface area (TPSA) is 104 Å². The third kappa shape index (κ3) is 2.02. The minimum Gasteiger partial charge on any atom is -0.507 e. The zero-order valence-electron chi connectivity index (χ0n) is 12.4. The van der Waals surface area contributed by atoms with E-state index in [4.69, 9.17) is 4.74 Å². The molecular weight excluding hydrogens is 288 g/mol. The monoisotopic (exact) mass is 306 g/mol. The van der Waals surface area contributed by atoms with Crippen molar-refractivity contribution in [2.45, 2.75) is 31.5 Å². The summed E-state index contributed by atoms with van der Waals surface area (Å²) >= 11 is 0. The number of carbonyl (C=O) groups is 2. The van der Waals surface area contributed by atoms with Crippen molar-refractivity contribution in [3.05, 3.63) is 23.3 Å². The van der Waals surface area contributed by atoms with Crippen molar-refractivity contribution in [3.63, 3.8) is 0 Å². The number of phenols is 1. The SMILES string of the molecule is COc1cc(O)c2c(c1)C(=O)C1C[C@](C)(O)[C@H](O)CC1C2=O. The molecule has 2 unspecified atom stereocenters. The van der Waals surface area contributed by atoms with E-state index < -0.39 is 23.5 Å². The smallest absolute Gasteiger partial charge is 0.171 e. The van der Waals surface area contributed by atoms with Gasteiger partial charge < -0.3 is 20.1 Å². The van der Waals surface area contributed by atoms with Crippen LogP contribution < -0.4 is 4.74 Å². The molecule has 0 bridgehead atoms. The quantitative estimate of drug-likeness (QED) is 0.712. The third-order valence-electron chi connectivity index (χ3n) is 4.83. The Hall–Kier alpha value is -1.92. The number of hydrogen-bond donors (Lipinski definition) is 3. The number of aromatic hydroxyl groups is 1. The van der Waals surface area contributed by atoms with Crippen LogP contribution >= 0.6 is 0 Å². The van der Waals surface area contributed by atoms with Crippen LogP contribution in [0.1, 0.15) is 40.5 Å². The summed E-state index contributed by atoms with van der Waals surface area (Å²) in [6.45, 7) is 1.46. The van der Waals surface area contributed by atoms with Gasteiger partial charge in [0.25, 0.3) is 0 Å². The highest BCUT2D eigenvalue weighted by Gasteiger charge is 2.52. The third-order valence-corrected chi connectivity index (χ3v) is 4.83. The lowest BCUT2D eigenvalue weighted by atomic mass is 9.62.